The number of hydrogen-bond acceptors (Lipinski definition) is 3. The van der Waals surface area contributed by atoms with E-state index >= 15 is 0 Å². The third kappa shape index (κ3) is 6.01. The molecule has 0 aromatic carbocycles. The smallest absolute Gasteiger partial charge is 0.160 e. The summed E-state index contributed by atoms with van der Waals surface area (Å²) in [7, 11) is 0. The van der Waals surface area contributed by atoms with Gasteiger partial charge in [-0.05, 0) is 27.7 Å². The van der Waals surface area contributed by atoms with E-state index in [1.807, 2.05) is 20.8 Å². The van der Waals surface area contributed by atoms with Crippen LogP contribution in [0.1, 0.15) is 27.7 Å². The topological polar surface area (TPSA) is 46.5 Å². The number of Topliss-reactive ketones (excluding diaryl/α,β-unsaturated/α-hetero) is 1. The van der Waals surface area contributed by atoms with Gasteiger partial charge in [-0.1, -0.05) is 0 Å². The molecule has 0 aliphatic heterocycles. The minimum atomic E-state index is -0.978. The Bertz CT molecular complexity index is 135. The quantitative estimate of drug-likeness (QED) is 0.662. The van der Waals surface area contributed by atoms with Gasteiger partial charge < -0.3 is 9.84 Å². The van der Waals surface area contributed by atoms with Gasteiger partial charge in [-0.15, -0.1) is 0 Å². The largest absolute Gasteiger partial charge is 0.383 e. The van der Waals surface area contributed by atoms with Crippen molar-refractivity contribution in [2.24, 2.45) is 0 Å². The molecule has 0 radical (unpaired) electrons. The van der Waals surface area contributed by atoms with E-state index < -0.39 is 6.10 Å². The molecule has 0 saturated heterocycles. The summed E-state index contributed by atoms with van der Waals surface area (Å²) in [5.41, 5.74) is -0.295. The lowest BCUT2D eigenvalue weighted by Gasteiger charge is -2.20. The van der Waals surface area contributed by atoms with Gasteiger partial charge in [0.25, 0.3) is 0 Å². The molecule has 0 aromatic rings. The Morgan fingerprint density at radius 3 is 2.27 bits per heavy atom. The standard InChI is InChI=1S/C8H16O3/c1-6(9)7(10)5-11-8(2,3)4/h7,10H,5H2,1-4H3. The van der Waals surface area contributed by atoms with Crippen LogP contribution in [0.25, 0.3) is 0 Å². The number of carbonyl (C=O) groups is 1. The molecule has 3 heteroatoms. The number of hydrogen-bond donors (Lipinski definition) is 1. The second-order valence-electron chi connectivity index (χ2n) is 3.55. The molecule has 0 fully saturated rings. The van der Waals surface area contributed by atoms with Crippen LogP contribution < -0.4 is 0 Å². The van der Waals surface area contributed by atoms with E-state index in [2.05, 4.69) is 0 Å². The highest BCUT2D eigenvalue weighted by molar-refractivity contribution is 5.80. The van der Waals surface area contributed by atoms with Gasteiger partial charge in [-0.3, -0.25) is 4.79 Å². The highest BCUT2D eigenvalue weighted by atomic mass is 16.5. The van der Waals surface area contributed by atoms with E-state index in [4.69, 9.17) is 9.84 Å². The molecule has 0 saturated carbocycles. The molecule has 0 bridgehead atoms. The summed E-state index contributed by atoms with van der Waals surface area (Å²) < 4.78 is 5.18. The number of ketones is 1. The highest BCUT2D eigenvalue weighted by Gasteiger charge is 2.15. The minimum Gasteiger partial charge on any atom is -0.383 e. The van der Waals surface area contributed by atoms with E-state index in [-0.39, 0.29) is 18.0 Å². The lowest BCUT2D eigenvalue weighted by molar-refractivity contribution is -0.131. The molecule has 1 unspecified atom stereocenters. The van der Waals surface area contributed by atoms with Crippen LogP contribution in [0.4, 0.5) is 0 Å². The highest BCUT2D eigenvalue weighted by Crippen LogP contribution is 2.06. The van der Waals surface area contributed by atoms with Gasteiger partial charge in [0.1, 0.15) is 6.10 Å². The second-order valence-corrected chi connectivity index (χ2v) is 3.55. The summed E-state index contributed by atoms with van der Waals surface area (Å²) in [6, 6.07) is 0. The van der Waals surface area contributed by atoms with E-state index in [0.717, 1.165) is 0 Å². The summed E-state index contributed by atoms with van der Waals surface area (Å²) in [5.74, 6) is -0.255. The first-order chi connectivity index (χ1) is 4.83. The molecule has 1 N–H and O–H groups in total. The molecule has 0 amide bonds. The van der Waals surface area contributed by atoms with E-state index in [9.17, 15) is 4.79 Å². The fraction of sp³-hybridized carbons (Fsp3) is 0.875. The molecule has 11 heavy (non-hydrogen) atoms. The van der Waals surface area contributed by atoms with Crippen LogP contribution in [0.5, 0.6) is 0 Å². The first-order valence-electron chi connectivity index (χ1n) is 3.65. The molecule has 0 aromatic heterocycles. The van der Waals surface area contributed by atoms with Crippen LogP contribution in [0.2, 0.25) is 0 Å². The van der Waals surface area contributed by atoms with Crippen LogP contribution in [0.15, 0.2) is 0 Å². The molecule has 0 aliphatic carbocycles. The second kappa shape index (κ2) is 3.83. The Hall–Kier alpha value is -0.410. The Labute approximate surface area is 67.4 Å². The SMILES string of the molecule is CC(=O)C(O)COC(C)(C)C. The average molecular weight is 160 g/mol. The van der Waals surface area contributed by atoms with Crippen molar-refractivity contribution < 1.29 is 14.6 Å². The molecule has 0 spiro atoms. The lowest BCUT2D eigenvalue weighted by atomic mass is 10.2. The van der Waals surface area contributed by atoms with Crippen molar-refractivity contribution >= 4 is 5.78 Å². The summed E-state index contributed by atoms with van der Waals surface area (Å²) in [6.07, 6.45) is -0.978. The maximum absolute atomic E-state index is 10.5. The number of rotatable bonds is 3. The Balaban J connectivity index is 3.63. The van der Waals surface area contributed by atoms with Crippen LogP contribution in [0.3, 0.4) is 0 Å². The Morgan fingerprint density at radius 1 is 1.55 bits per heavy atom. The van der Waals surface area contributed by atoms with E-state index in [1.165, 1.54) is 6.92 Å². The van der Waals surface area contributed by atoms with E-state index in [0.29, 0.717) is 0 Å². The van der Waals surface area contributed by atoms with Crippen molar-refractivity contribution in [3.8, 4) is 0 Å². The minimum absolute atomic E-state index is 0.0822. The maximum Gasteiger partial charge on any atom is 0.160 e. The molecular weight excluding hydrogens is 144 g/mol. The van der Waals surface area contributed by atoms with Crippen LogP contribution in [0, 0.1) is 0 Å². The van der Waals surface area contributed by atoms with Crippen molar-refractivity contribution in [3.05, 3.63) is 0 Å². The zero-order valence-electron chi connectivity index (χ0n) is 7.55. The first-order valence-corrected chi connectivity index (χ1v) is 3.65. The fourth-order valence-electron chi connectivity index (χ4n) is 0.446. The van der Waals surface area contributed by atoms with Crippen molar-refractivity contribution in [1.82, 2.24) is 0 Å². The molecule has 66 valence electrons. The molecule has 1 atom stereocenters. The first kappa shape index (κ1) is 10.6. The number of aliphatic hydroxyl groups excluding tert-OH is 1. The zero-order chi connectivity index (χ0) is 9.07. The predicted octanol–water partition coefficient (Wildman–Crippen LogP) is 0.751. The zero-order valence-corrected chi connectivity index (χ0v) is 7.55. The fourth-order valence-corrected chi connectivity index (χ4v) is 0.446. The number of ether oxygens (including phenoxy) is 1. The number of aliphatic hydroxyl groups is 1. The molecule has 3 nitrogen and oxygen atoms in total. The van der Waals surface area contributed by atoms with Crippen LogP contribution in [-0.2, 0) is 9.53 Å². The lowest BCUT2D eigenvalue weighted by Crippen LogP contribution is -2.29. The summed E-state index contributed by atoms with van der Waals surface area (Å²) >= 11 is 0. The van der Waals surface area contributed by atoms with Gasteiger partial charge in [-0.25, -0.2) is 0 Å². The van der Waals surface area contributed by atoms with Gasteiger partial charge >= 0.3 is 0 Å². The van der Waals surface area contributed by atoms with Gasteiger partial charge in [0.2, 0.25) is 0 Å². The normalized spacial score (nSPS) is 14.6. The monoisotopic (exact) mass is 160 g/mol. The summed E-state index contributed by atoms with van der Waals surface area (Å²) in [4.78, 5) is 10.5. The molecule has 0 rings (SSSR count). The predicted molar refractivity (Wildman–Crippen MR) is 42.4 cm³/mol. The summed E-state index contributed by atoms with van der Waals surface area (Å²) in [5, 5.41) is 9.02. The van der Waals surface area contributed by atoms with Gasteiger partial charge in [0.05, 0.1) is 12.2 Å². The van der Waals surface area contributed by atoms with Crippen LogP contribution >= 0.6 is 0 Å². The maximum atomic E-state index is 10.5. The van der Waals surface area contributed by atoms with Crippen molar-refractivity contribution in [1.29, 1.82) is 0 Å². The van der Waals surface area contributed by atoms with E-state index in [1.54, 1.807) is 0 Å². The third-order valence-corrected chi connectivity index (χ3v) is 1.14. The molecule has 0 heterocycles. The van der Waals surface area contributed by atoms with Crippen molar-refractivity contribution in [2.45, 2.75) is 39.4 Å². The van der Waals surface area contributed by atoms with Crippen molar-refractivity contribution in [3.63, 3.8) is 0 Å². The van der Waals surface area contributed by atoms with Gasteiger partial charge in [-0.2, -0.15) is 0 Å². The molecular formula is C8H16O3. The van der Waals surface area contributed by atoms with Crippen molar-refractivity contribution in [2.75, 3.05) is 6.61 Å². The number of carbonyl (C=O) groups excluding carboxylic acids is 1. The summed E-state index contributed by atoms with van der Waals surface area (Å²) in [6.45, 7) is 7.05. The average Bonchev–Trinajstić information content (AvgIpc) is 1.80. The Kier molecular flexibility index (Phi) is 3.69. The third-order valence-electron chi connectivity index (χ3n) is 1.14. The van der Waals surface area contributed by atoms with Crippen LogP contribution in [-0.4, -0.2) is 29.2 Å². The van der Waals surface area contributed by atoms with Gasteiger partial charge in [0.15, 0.2) is 5.78 Å². The van der Waals surface area contributed by atoms with Gasteiger partial charge in [0, 0.05) is 0 Å². The Morgan fingerprint density at radius 2 is 2.00 bits per heavy atom. The molecule has 0 aliphatic rings.